The number of aryl methyl sites for hydroxylation is 2. The predicted octanol–water partition coefficient (Wildman–Crippen LogP) is 4.26. The lowest BCUT2D eigenvalue weighted by molar-refractivity contribution is 0.0970. The van der Waals surface area contributed by atoms with Crippen LogP contribution in [0.4, 0.5) is 5.82 Å². The lowest BCUT2D eigenvalue weighted by Crippen LogP contribution is -2.30. The zero-order valence-corrected chi connectivity index (χ0v) is 16.4. The molecule has 4 aromatic rings. The molecule has 30 heavy (non-hydrogen) atoms. The molecule has 1 aliphatic rings. The van der Waals surface area contributed by atoms with E-state index in [9.17, 15) is 14.7 Å². The van der Waals surface area contributed by atoms with Gasteiger partial charge in [-0.15, -0.1) is 0 Å². The molecule has 3 heterocycles. The number of hydrogen-bond acceptors (Lipinski definition) is 5. The molecule has 1 amide bonds. The number of nitrogens with zero attached hydrogens (tertiary/aromatic N) is 2. The second-order valence-electron chi connectivity index (χ2n) is 7.54. The average molecular weight is 398 g/mol. The molecule has 1 atom stereocenters. The van der Waals surface area contributed by atoms with E-state index in [0.29, 0.717) is 22.4 Å². The largest absolute Gasteiger partial charge is 0.508 e. The Balaban J connectivity index is 1.84. The zero-order chi connectivity index (χ0) is 21.0. The van der Waals surface area contributed by atoms with Crippen LogP contribution in [0.25, 0.3) is 11.0 Å². The van der Waals surface area contributed by atoms with Crippen molar-refractivity contribution in [3.63, 3.8) is 0 Å². The number of rotatable bonds is 2. The molecule has 6 nitrogen and oxygen atoms in total. The van der Waals surface area contributed by atoms with Crippen molar-refractivity contribution in [2.75, 3.05) is 4.90 Å². The number of phenols is 1. The molecule has 0 bridgehead atoms. The summed E-state index contributed by atoms with van der Waals surface area (Å²) < 4.78 is 5.93. The van der Waals surface area contributed by atoms with Crippen molar-refractivity contribution < 1.29 is 14.3 Å². The van der Waals surface area contributed by atoms with E-state index in [4.69, 9.17) is 4.42 Å². The minimum absolute atomic E-state index is 0.00741. The van der Waals surface area contributed by atoms with E-state index < -0.39 is 11.9 Å². The number of phenolic OH excluding ortho intramolecular Hbond substituents is 1. The highest BCUT2D eigenvalue weighted by atomic mass is 16.3. The van der Waals surface area contributed by atoms with Crippen molar-refractivity contribution in [3.05, 3.63) is 99.0 Å². The summed E-state index contributed by atoms with van der Waals surface area (Å²) in [5.74, 6) is 0.0370. The van der Waals surface area contributed by atoms with Crippen molar-refractivity contribution in [2.45, 2.75) is 19.9 Å². The molecule has 2 aromatic carbocycles. The molecule has 0 saturated heterocycles. The van der Waals surface area contributed by atoms with E-state index >= 15 is 0 Å². The predicted molar refractivity (Wildman–Crippen MR) is 113 cm³/mol. The van der Waals surface area contributed by atoms with E-state index in [1.165, 1.54) is 4.90 Å². The van der Waals surface area contributed by atoms with Crippen molar-refractivity contribution in [1.29, 1.82) is 0 Å². The van der Waals surface area contributed by atoms with Gasteiger partial charge in [0, 0.05) is 6.20 Å². The van der Waals surface area contributed by atoms with Gasteiger partial charge in [0.15, 0.2) is 5.43 Å². The summed E-state index contributed by atoms with van der Waals surface area (Å²) in [5.41, 5.74) is 2.82. The molecule has 1 N–H and O–H groups in total. The zero-order valence-electron chi connectivity index (χ0n) is 16.4. The number of pyridine rings is 1. The highest BCUT2D eigenvalue weighted by molar-refractivity contribution is 6.10. The third kappa shape index (κ3) is 2.69. The minimum Gasteiger partial charge on any atom is -0.508 e. The SMILES string of the molecule is Cc1ccnc(N2C(=O)c3oc4ccc(C)cc4c(=O)c3[C@H]2c2cccc(O)c2)c1. The first kappa shape index (κ1) is 18.1. The Bertz CT molecular complexity index is 1390. The maximum absolute atomic E-state index is 13.5. The summed E-state index contributed by atoms with van der Waals surface area (Å²) >= 11 is 0. The number of aromatic nitrogens is 1. The first-order chi connectivity index (χ1) is 14.4. The van der Waals surface area contributed by atoms with E-state index in [-0.39, 0.29) is 22.5 Å². The van der Waals surface area contributed by atoms with Crippen LogP contribution in [-0.2, 0) is 0 Å². The Morgan fingerprint density at radius 2 is 1.80 bits per heavy atom. The molecule has 5 rings (SSSR count). The topological polar surface area (TPSA) is 83.6 Å². The van der Waals surface area contributed by atoms with Crippen molar-refractivity contribution >= 4 is 22.7 Å². The fourth-order valence-corrected chi connectivity index (χ4v) is 3.99. The summed E-state index contributed by atoms with van der Waals surface area (Å²) in [5, 5.41) is 10.5. The molecule has 2 aromatic heterocycles. The molecular formula is C24H18N2O4. The lowest BCUT2D eigenvalue weighted by atomic mass is 9.98. The monoisotopic (exact) mass is 398 g/mol. The van der Waals surface area contributed by atoms with Gasteiger partial charge in [-0.1, -0.05) is 23.8 Å². The summed E-state index contributed by atoms with van der Waals surface area (Å²) in [6.45, 7) is 3.80. The quantitative estimate of drug-likeness (QED) is 0.545. The Labute approximate surface area is 172 Å². The van der Waals surface area contributed by atoms with E-state index in [2.05, 4.69) is 4.98 Å². The first-order valence-electron chi connectivity index (χ1n) is 9.56. The summed E-state index contributed by atoms with van der Waals surface area (Å²) in [4.78, 5) is 32.8. The van der Waals surface area contributed by atoms with Crippen LogP contribution in [0.15, 0.2) is 70.0 Å². The van der Waals surface area contributed by atoms with Gasteiger partial charge in [0.05, 0.1) is 17.0 Å². The third-order valence-corrected chi connectivity index (χ3v) is 5.36. The van der Waals surface area contributed by atoms with E-state index in [0.717, 1.165) is 11.1 Å². The number of carbonyl (C=O) groups excluding carboxylic acids is 1. The van der Waals surface area contributed by atoms with Gasteiger partial charge in [-0.2, -0.15) is 0 Å². The maximum Gasteiger partial charge on any atom is 0.296 e. The average Bonchev–Trinajstić information content (AvgIpc) is 3.01. The fraction of sp³-hybridized carbons (Fsp3) is 0.125. The van der Waals surface area contributed by atoms with Gasteiger partial charge in [-0.3, -0.25) is 14.5 Å². The van der Waals surface area contributed by atoms with Crippen LogP contribution in [0.3, 0.4) is 0 Å². The molecule has 0 fully saturated rings. The van der Waals surface area contributed by atoms with Crippen LogP contribution in [0, 0.1) is 13.8 Å². The van der Waals surface area contributed by atoms with Crippen molar-refractivity contribution in [2.24, 2.45) is 0 Å². The van der Waals surface area contributed by atoms with Gasteiger partial charge in [0.1, 0.15) is 17.2 Å². The first-order valence-corrected chi connectivity index (χ1v) is 9.56. The number of benzene rings is 2. The molecule has 0 saturated carbocycles. The van der Waals surface area contributed by atoms with E-state index in [1.54, 1.807) is 48.7 Å². The Kier molecular flexibility index (Phi) is 3.96. The van der Waals surface area contributed by atoms with Gasteiger partial charge in [-0.05, 0) is 61.4 Å². The number of amides is 1. The molecular weight excluding hydrogens is 380 g/mol. The number of fused-ring (bicyclic) bond motifs is 2. The number of carbonyl (C=O) groups is 1. The maximum atomic E-state index is 13.5. The van der Waals surface area contributed by atoms with Crippen LogP contribution >= 0.6 is 0 Å². The fourth-order valence-electron chi connectivity index (χ4n) is 3.99. The minimum atomic E-state index is -0.755. The van der Waals surface area contributed by atoms with Crippen molar-refractivity contribution in [3.8, 4) is 5.75 Å². The van der Waals surface area contributed by atoms with Crippen molar-refractivity contribution in [1.82, 2.24) is 4.98 Å². The van der Waals surface area contributed by atoms with Gasteiger partial charge < -0.3 is 9.52 Å². The van der Waals surface area contributed by atoms with Crippen LogP contribution < -0.4 is 10.3 Å². The summed E-state index contributed by atoms with van der Waals surface area (Å²) in [6, 6.07) is 14.7. The Hall–Kier alpha value is -3.93. The second-order valence-corrected chi connectivity index (χ2v) is 7.54. The molecule has 0 unspecified atom stereocenters. The molecule has 6 heteroatoms. The van der Waals surface area contributed by atoms with Crippen LogP contribution in [0.2, 0.25) is 0 Å². The number of aromatic hydroxyl groups is 1. The van der Waals surface area contributed by atoms with Crippen LogP contribution in [-0.4, -0.2) is 16.0 Å². The molecule has 1 aliphatic heterocycles. The van der Waals surface area contributed by atoms with Gasteiger partial charge in [0.25, 0.3) is 5.91 Å². The van der Waals surface area contributed by atoms with Gasteiger partial charge in [-0.25, -0.2) is 4.98 Å². The highest BCUT2D eigenvalue weighted by Crippen LogP contribution is 2.41. The Morgan fingerprint density at radius 3 is 2.57 bits per heavy atom. The second kappa shape index (κ2) is 6.56. The molecule has 0 radical (unpaired) electrons. The van der Waals surface area contributed by atoms with Gasteiger partial charge >= 0.3 is 0 Å². The lowest BCUT2D eigenvalue weighted by Gasteiger charge is -2.24. The summed E-state index contributed by atoms with van der Waals surface area (Å²) in [6.07, 6.45) is 1.62. The molecule has 0 aliphatic carbocycles. The van der Waals surface area contributed by atoms with E-state index in [1.807, 2.05) is 26.0 Å². The normalized spacial score (nSPS) is 15.6. The third-order valence-electron chi connectivity index (χ3n) is 5.36. The molecule has 148 valence electrons. The standard InChI is InChI=1S/C24H18N2O4/c1-13-6-7-18-17(10-13)22(28)20-21(15-4-3-5-16(27)12-15)26(24(29)23(20)30-18)19-11-14(2)8-9-25-19/h3-12,21,27H,1-2H3/t21-/m1/s1. The Morgan fingerprint density at radius 1 is 1.00 bits per heavy atom. The highest BCUT2D eigenvalue weighted by Gasteiger charge is 2.44. The summed E-state index contributed by atoms with van der Waals surface area (Å²) in [7, 11) is 0. The van der Waals surface area contributed by atoms with Crippen LogP contribution in [0.5, 0.6) is 5.75 Å². The molecule has 0 spiro atoms. The number of hydrogen-bond donors (Lipinski definition) is 1. The van der Waals surface area contributed by atoms with Gasteiger partial charge in [0.2, 0.25) is 5.76 Å². The van der Waals surface area contributed by atoms with Crippen LogP contribution in [0.1, 0.15) is 38.9 Å². The smallest absolute Gasteiger partial charge is 0.296 e. The number of anilines is 1.